The highest BCUT2D eigenvalue weighted by Crippen LogP contribution is 2.29. The molecule has 0 aliphatic carbocycles. The standard InChI is InChI=1S/C16H23N3OS/c1-12(2)19-14(17-16(3,4)5)21-11-18(15(19)20)13-9-7-6-8-10-13/h6-10,12H,11H2,1-5H3/i1D3,2D3,12D. The van der Waals surface area contributed by atoms with E-state index in [1.807, 2.05) is 0 Å². The zero-order valence-electron chi connectivity index (χ0n) is 19.3. The molecule has 0 unspecified atom stereocenters. The molecule has 1 aliphatic heterocycles. The number of hydrogen-bond acceptors (Lipinski definition) is 3. The number of thioether (sulfide) groups is 1. The summed E-state index contributed by atoms with van der Waals surface area (Å²) in [5.74, 6) is 0.117. The third kappa shape index (κ3) is 3.79. The fourth-order valence-electron chi connectivity index (χ4n) is 1.80. The lowest BCUT2D eigenvalue weighted by Crippen LogP contribution is -2.53. The van der Waals surface area contributed by atoms with Crippen molar-refractivity contribution in [3.05, 3.63) is 30.3 Å². The number of rotatable bonds is 2. The SMILES string of the molecule is [2H]C([2H])([2H])C([2H])(N1C(=O)N(c2ccccc2)CSC1=NC(C)(C)C)C([2H])([2H])[2H]. The number of nitrogens with zero attached hydrogens (tertiary/aromatic N) is 3. The lowest BCUT2D eigenvalue weighted by Gasteiger charge is -2.38. The van der Waals surface area contributed by atoms with Crippen LogP contribution in [0.5, 0.6) is 0 Å². The molecule has 0 aromatic heterocycles. The first kappa shape index (κ1) is 8.83. The molecule has 1 aromatic carbocycles. The maximum Gasteiger partial charge on any atom is 0.331 e. The minimum atomic E-state index is -3.30. The molecule has 0 atom stereocenters. The lowest BCUT2D eigenvalue weighted by molar-refractivity contribution is 0.220. The molecule has 21 heavy (non-hydrogen) atoms. The fourth-order valence-corrected chi connectivity index (χ4v) is 2.94. The Morgan fingerprint density at radius 1 is 1.33 bits per heavy atom. The normalized spacial score (nSPS) is 25.4. The number of amidine groups is 1. The van der Waals surface area contributed by atoms with E-state index in [2.05, 4.69) is 4.99 Å². The van der Waals surface area contributed by atoms with Crippen molar-refractivity contribution in [1.82, 2.24) is 4.90 Å². The number of carbonyl (C=O) groups is 1. The number of carbonyl (C=O) groups excluding carboxylic acids is 1. The van der Waals surface area contributed by atoms with Gasteiger partial charge >= 0.3 is 6.03 Å². The number of aliphatic imine (C=N–C) groups is 1. The minimum absolute atomic E-state index is 0.0908. The molecule has 1 heterocycles. The summed E-state index contributed by atoms with van der Waals surface area (Å²) < 4.78 is 55.1. The molecule has 0 saturated carbocycles. The Balaban J connectivity index is 2.69. The van der Waals surface area contributed by atoms with Crippen LogP contribution in [0, 0.1) is 0 Å². The molecule has 1 fully saturated rings. The Kier molecular flexibility index (Phi) is 2.56. The van der Waals surface area contributed by atoms with Crippen LogP contribution in [-0.4, -0.2) is 33.5 Å². The molecule has 5 heteroatoms. The van der Waals surface area contributed by atoms with Gasteiger partial charge in [-0.15, -0.1) is 0 Å². The zero-order valence-corrected chi connectivity index (χ0v) is 13.1. The van der Waals surface area contributed by atoms with Gasteiger partial charge in [0.05, 0.1) is 12.8 Å². The average Bonchev–Trinajstić information content (AvgIpc) is 2.52. The maximum absolute atomic E-state index is 13.3. The smallest absolute Gasteiger partial charge is 0.284 e. The minimum Gasteiger partial charge on any atom is -0.284 e. The second-order valence-corrected chi connectivity index (χ2v) is 6.48. The van der Waals surface area contributed by atoms with Crippen LogP contribution in [0.1, 0.15) is 44.1 Å². The summed E-state index contributed by atoms with van der Waals surface area (Å²) in [4.78, 5) is 19.4. The van der Waals surface area contributed by atoms with E-state index in [0.717, 1.165) is 11.8 Å². The molecular weight excluding hydrogens is 282 g/mol. The highest BCUT2D eigenvalue weighted by atomic mass is 32.2. The predicted octanol–water partition coefficient (Wildman–Crippen LogP) is 4.18. The summed E-state index contributed by atoms with van der Waals surface area (Å²) in [6.07, 6.45) is 0. The molecule has 4 nitrogen and oxygen atoms in total. The van der Waals surface area contributed by atoms with Gasteiger partial charge in [0.25, 0.3) is 0 Å². The number of hydrogen-bond donors (Lipinski definition) is 0. The molecular formula is C16H23N3OS. The lowest BCUT2D eigenvalue weighted by atomic mass is 10.1. The Hall–Kier alpha value is -1.49. The van der Waals surface area contributed by atoms with E-state index in [-0.39, 0.29) is 11.0 Å². The van der Waals surface area contributed by atoms with Crippen LogP contribution >= 0.6 is 11.8 Å². The van der Waals surface area contributed by atoms with Crippen LogP contribution in [0.2, 0.25) is 0 Å². The third-order valence-electron chi connectivity index (χ3n) is 2.66. The van der Waals surface area contributed by atoms with E-state index >= 15 is 0 Å². The van der Waals surface area contributed by atoms with Crippen molar-refractivity contribution in [2.75, 3.05) is 10.8 Å². The molecule has 1 aliphatic rings. The molecule has 1 aromatic rings. The maximum atomic E-state index is 13.3. The van der Waals surface area contributed by atoms with Crippen LogP contribution in [0.4, 0.5) is 10.5 Å². The highest BCUT2D eigenvalue weighted by Gasteiger charge is 2.34. The van der Waals surface area contributed by atoms with E-state index in [1.165, 1.54) is 4.90 Å². The third-order valence-corrected chi connectivity index (χ3v) is 3.58. The first-order valence-corrected chi connectivity index (χ1v) is 7.47. The zero-order chi connectivity index (χ0) is 21.5. The summed E-state index contributed by atoms with van der Waals surface area (Å²) in [5, 5.41) is -0.0908. The quantitative estimate of drug-likeness (QED) is 0.821. The van der Waals surface area contributed by atoms with Crippen molar-refractivity contribution in [3.8, 4) is 0 Å². The number of urea groups is 1. The molecule has 0 N–H and O–H groups in total. The summed E-state index contributed by atoms with van der Waals surface area (Å²) in [6, 6.07) is 4.37. The predicted molar refractivity (Wildman–Crippen MR) is 90.9 cm³/mol. The second-order valence-electron chi connectivity index (χ2n) is 5.57. The van der Waals surface area contributed by atoms with E-state index in [9.17, 15) is 4.79 Å². The van der Waals surface area contributed by atoms with E-state index < -0.39 is 31.3 Å². The molecule has 2 rings (SSSR count). The molecule has 114 valence electrons. The van der Waals surface area contributed by atoms with Crippen molar-refractivity contribution in [1.29, 1.82) is 0 Å². The Bertz CT molecular complexity index is 742. The van der Waals surface area contributed by atoms with Gasteiger partial charge in [-0.3, -0.25) is 14.8 Å². The van der Waals surface area contributed by atoms with Crippen molar-refractivity contribution in [3.63, 3.8) is 0 Å². The molecule has 0 radical (unpaired) electrons. The van der Waals surface area contributed by atoms with Crippen LogP contribution in [0.3, 0.4) is 0 Å². The van der Waals surface area contributed by atoms with Crippen LogP contribution in [0.25, 0.3) is 0 Å². The fraction of sp³-hybridized carbons (Fsp3) is 0.500. The van der Waals surface area contributed by atoms with Gasteiger partial charge in [-0.2, -0.15) is 0 Å². The molecule has 1 saturated heterocycles. The van der Waals surface area contributed by atoms with Crippen molar-refractivity contribution in [2.45, 2.75) is 46.0 Å². The van der Waals surface area contributed by atoms with Gasteiger partial charge in [0.15, 0.2) is 5.17 Å². The van der Waals surface area contributed by atoms with Crippen molar-refractivity contribution in [2.24, 2.45) is 4.99 Å². The monoisotopic (exact) mass is 312 g/mol. The van der Waals surface area contributed by atoms with Crippen LogP contribution < -0.4 is 4.90 Å². The number of amides is 2. The number of benzene rings is 1. The highest BCUT2D eigenvalue weighted by molar-refractivity contribution is 8.14. The first-order chi connectivity index (χ1) is 12.6. The number of anilines is 1. The second kappa shape index (κ2) is 6.10. The van der Waals surface area contributed by atoms with Gasteiger partial charge < -0.3 is 0 Å². The van der Waals surface area contributed by atoms with Crippen LogP contribution in [0.15, 0.2) is 35.3 Å². The number of para-hydroxylation sites is 1. The largest absolute Gasteiger partial charge is 0.331 e. The van der Waals surface area contributed by atoms with Gasteiger partial charge in [0.2, 0.25) is 0 Å². The Labute approximate surface area is 141 Å². The van der Waals surface area contributed by atoms with Gasteiger partial charge in [0.1, 0.15) is 0 Å². The average molecular weight is 312 g/mol. The summed E-state index contributed by atoms with van der Waals surface area (Å²) in [6.45, 7) is -1.38. The molecule has 0 bridgehead atoms. The first-order valence-electron chi connectivity index (χ1n) is 9.99. The van der Waals surface area contributed by atoms with Crippen molar-refractivity contribution < 1.29 is 14.4 Å². The molecule has 2 amide bonds. The van der Waals surface area contributed by atoms with E-state index in [0.29, 0.717) is 10.6 Å². The van der Waals surface area contributed by atoms with Crippen LogP contribution in [-0.2, 0) is 0 Å². The summed E-state index contributed by atoms with van der Waals surface area (Å²) >= 11 is 1.02. The van der Waals surface area contributed by atoms with Crippen molar-refractivity contribution >= 4 is 28.6 Å². The van der Waals surface area contributed by atoms with Gasteiger partial charge in [-0.1, -0.05) is 30.0 Å². The summed E-state index contributed by atoms with van der Waals surface area (Å²) in [7, 11) is 0. The van der Waals surface area contributed by atoms with E-state index in [4.69, 9.17) is 9.60 Å². The van der Waals surface area contributed by atoms with Gasteiger partial charge in [0, 0.05) is 19.9 Å². The van der Waals surface area contributed by atoms with E-state index in [1.54, 1.807) is 51.1 Å². The Morgan fingerprint density at radius 3 is 2.57 bits per heavy atom. The van der Waals surface area contributed by atoms with Gasteiger partial charge in [-0.25, -0.2) is 4.79 Å². The molecule has 0 spiro atoms. The van der Waals surface area contributed by atoms with Gasteiger partial charge in [-0.05, 0) is 46.6 Å². The summed E-state index contributed by atoms with van der Waals surface area (Å²) in [5.41, 5.74) is -0.238. The Morgan fingerprint density at radius 2 is 2.00 bits per heavy atom. The topological polar surface area (TPSA) is 35.9 Å².